The van der Waals surface area contributed by atoms with Gasteiger partial charge in [0.05, 0.1) is 32.6 Å². The summed E-state index contributed by atoms with van der Waals surface area (Å²) in [4.78, 5) is 0. The van der Waals surface area contributed by atoms with Gasteiger partial charge < -0.3 is 25.7 Å². The maximum absolute atomic E-state index is 5.40. The Labute approximate surface area is 98.4 Å². The zero-order valence-corrected chi connectivity index (χ0v) is 10.3. The van der Waals surface area contributed by atoms with Crippen LogP contribution in [0.4, 0.5) is 0 Å². The summed E-state index contributed by atoms with van der Waals surface area (Å²) in [5.41, 5.74) is 10.8. The summed E-state index contributed by atoms with van der Waals surface area (Å²) >= 11 is 0. The molecule has 0 aliphatic heterocycles. The van der Waals surface area contributed by atoms with Crippen LogP contribution in [0.5, 0.6) is 0 Å². The number of nitrogens with two attached hydrogens (primary N) is 2. The molecular weight excluding hydrogens is 208 g/mol. The first-order valence-electron chi connectivity index (χ1n) is 6.01. The van der Waals surface area contributed by atoms with Gasteiger partial charge in [0.1, 0.15) is 0 Å². The minimum absolute atomic E-state index is 0.226. The molecule has 0 heterocycles. The second-order valence-corrected chi connectivity index (χ2v) is 3.64. The Morgan fingerprint density at radius 2 is 1.31 bits per heavy atom. The molecular formula is C11H26N2O3. The fourth-order valence-electron chi connectivity index (χ4n) is 1.11. The Morgan fingerprint density at radius 1 is 0.812 bits per heavy atom. The quantitative estimate of drug-likeness (QED) is 0.379. The average molecular weight is 234 g/mol. The predicted molar refractivity (Wildman–Crippen MR) is 64.1 cm³/mol. The summed E-state index contributed by atoms with van der Waals surface area (Å²) in [6.45, 7) is 6.12. The average Bonchev–Trinajstić information content (AvgIpc) is 2.25. The van der Waals surface area contributed by atoms with E-state index in [2.05, 4.69) is 6.92 Å². The molecule has 0 saturated heterocycles. The van der Waals surface area contributed by atoms with Gasteiger partial charge in [-0.15, -0.1) is 0 Å². The fraction of sp³-hybridized carbons (Fsp3) is 1.00. The second kappa shape index (κ2) is 12.9. The normalized spacial score (nSPS) is 11.2. The molecule has 5 heteroatoms. The van der Waals surface area contributed by atoms with Crippen LogP contribution in [-0.4, -0.2) is 45.8 Å². The molecule has 0 spiro atoms. The maximum Gasteiger partial charge on any atom is 0.0701 e. The summed E-state index contributed by atoms with van der Waals surface area (Å²) < 4.78 is 15.9. The molecule has 0 aromatic heterocycles. The van der Waals surface area contributed by atoms with Crippen LogP contribution in [-0.2, 0) is 14.2 Å². The summed E-state index contributed by atoms with van der Waals surface area (Å²) in [5.74, 6) is 0. The highest BCUT2D eigenvalue weighted by atomic mass is 16.5. The minimum atomic E-state index is -0.226. The SMILES string of the molecule is CCCOCCOCCOCCCC(N)N. The molecule has 0 aliphatic carbocycles. The van der Waals surface area contributed by atoms with Crippen LogP contribution < -0.4 is 11.5 Å². The molecule has 4 N–H and O–H groups in total. The summed E-state index contributed by atoms with van der Waals surface area (Å²) in [5, 5.41) is 0. The monoisotopic (exact) mass is 234 g/mol. The number of ether oxygens (including phenoxy) is 3. The smallest absolute Gasteiger partial charge is 0.0701 e. The first-order chi connectivity index (χ1) is 7.77. The van der Waals surface area contributed by atoms with Crippen molar-refractivity contribution in [2.45, 2.75) is 32.4 Å². The van der Waals surface area contributed by atoms with Gasteiger partial charge in [0.15, 0.2) is 0 Å². The standard InChI is InChI=1S/C11H26N2O3/c1-2-5-14-7-9-16-10-8-15-6-3-4-11(12)13/h11H,2-10,12-13H2,1H3. The lowest BCUT2D eigenvalue weighted by Gasteiger charge is -2.07. The van der Waals surface area contributed by atoms with Crippen molar-refractivity contribution in [2.24, 2.45) is 11.5 Å². The van der Waals surface area contributed by atoms with Crippen LogP contribution in [0.3, 0.4) is 0 Å². The molecule has 0 fully saturated rings. The topological polar surface area (TPSA) is 79.7 Å². The van der Waals surface area contributed by atoms with Gasteiger partial charge in [-0.05, 0) is 19.3 Å². The zero-order chi connectivity index (χ0) is 12.1. The molecule has 0 saturated carbocycles. The van der Waals surface area contributed by atoms with Crippen molar-refractivity contribution in [1.82, 2.24) is 0 Å². The van der Waals surface area contributed by atoms with Crippen LogP contribution >= 0.6 is 0 Å². The molecule has 0 atom stereocenters. The van der Waals surface area contributed by atoms with Gasteiger partial charge in [0.2, 0.25) is 0 Å². The van der Waals surface area contributed by atoms with Crippen molar-refractivity contribution >= 4 is 0 Å². The van der Waals surface area contributed by atoms with Gasteiger partial charge in [0.25, 0.3) is 0 Å². The first kappa shape index (κ1) is 15.8. The Bertz CT molecular complexity index is 134. The molecule has 0 aromatic rings. The van der Waals surface area contributed by atoms with E-state index in [-0.39, 0.29) is 6.17 Å². The first-order valence-corrected chi connectivity index (χ1v) is 6.01. The lowest BCUT2D eigenvalue weighted by Crippen LogP contribution is -2.30. The molecule has 0 amide bonds. The van der Waals surface area contributed by atoms with Gasteiger partial charge in [-0.3, -0.25) is 0 Å². The molecule has 16 heavy (non-hydrogen) atoms. The second-order valence-electron chi connectivity index (χ2n) is 3.64. The lowest BCUT2D eigenvalue weighted by atomic mass is 10.3. The van der Waals surface area contributed by atoms with E-state index in [1.165, 1.54) is 0 Å². The maximum atomic E-state index is 5.40. The molecule has 0 rings (SSSR count). The van der Waals surface area contributed by atoms with E-state index in [4.69, 9.17) is 25.7 Å². The Hall–Kier alpha value is -0.200. The van der Waals surface area contributed by atoms with Gasteiger partial charge in [-0.2, -0.15) is 0 Å². The van der Waals surface area contributed by atoms with Crippen molar-refractivity contribution in [1.29, 1.82) is 0 Å². The minimum Gasteiger partial charge on any atom is -0.379 e. The van der Waals surface area contributed by atoms with Gasteiger partial charge in [-0.25, -0.2) is 0 Å². The summed E-state index contributed by atoms with van der Waals surface area (Å²) in [6, 6.07) is 0. The molecule has 5 nitrogen and oxygen atoms in total. The largest absolute Gasteiger partial charge is 0.379 e. The molecule has 98 valence electrons. The van der Waals surface area contributed by atoms with Crippen LogP contribution in [0, 0.1) is 0 Å². The highest BCUT2D eigenvalue weighted by Crippen LogP contribution is 1.90. The number of hydrogen-bond donors (Lipinski definition) is 2. The van der Waals surface area contributed by atoms with Crippen molar-refractivity contribution in [2.75, 3.05) is 39.6 Å². The van der Waals surface area contributed by atoms with Crippen molar-refractivity contribution in [3.05, 3.63) is 0 Å². The van der Waals surface area contributed by atoms with Crippen molar-refractivity contribution in [3.63, 3.8) is 0 Å². The van der Waals surface area contributed by atoms with Crippen molar-refractivity contribution < 1.29 is 14.2 Å². The third kappa shape index (κ3) is 13.8. The van der Waals surface area contributed by atoms with E-state index in [0.717, 1.165) is 25.9 Å². The zero-order valence-electron chi connectivity index (χ0n) is 10.3. The highest BCUT2D eigenvalue weighted by Gasteiger charge is 1.94. The van der Waals surface area contributed by atoms with E-state index >= 15 is 0 Å². The van der Waals surface area contributed by atoms with E-state index in [0.29, 0.717) is 33.0 Å². The molecule has 0 radical (unpaired) electrons. The predicted octanol–water partition coefficient (Wildman–Crippen LogP) is 0.470. The molecule has 0 bridgehead atoms. The van der Waals surface area contributed by atoms with Crippen LogP contribution in [0.1, 0.15) is 26.2 Å². The van der Waals surface area contributed by atoms with E-state index in [9.17, 15) is 0 Å². The number of rotatable bonds is 12. The summed E-state index contributed by atoms with van der Waals surface area (Å²) in [6.07, 6.45) is 2.52. The van der Waals surface area contributed by atoms with E-state index in [1.807, 2.05) is 0 Å². The lowest BCUT2D eigenvalue weighted by molar-refractivity contribution is 0.0139. The summed E-state index contributed by atoms with van der Waals surface area (Å²) in [7, 11) is 0. The molecule has 0 aromatic carbocycles. The van der Waals surface area contributed by atoms with Gasteiger partial charge >= 0.3 is 0 Å². The molecule has 0 aliphatic rings. The van der Waals surface area contributed by atoms with Gasteiger partial charge in [0, 0.05) is 13.2 Å². The third-order valence-electron chi connectivity index (χ3n) is 1.92. The van der Waals surface area contributed by atoms with Crippen molar-refractivity contribution in [3.8, 4) is 0 Å². The van der Waals surface area contributed by atoms with Crippen LogP contribution in [0.2, 0.25) is 0 Å². The van der Waals surface area contributed by atoms with Crippen LogP contribution in [0.15, 0.2) is 0 Å². The molecule has 0 unspecified atom stereocenters. The van der Waals surface area contributed by atoms with E-state index < -0.39 is 0 Å². The van der Waals surface area contributed by atoms with E-state index in [1.54, 1.807) is 0 Å². The number of hydrogen-bond acceptors (Lipinski definition) is 5. The van der Waals surface area contributed by atoms with Gasteiger partial charge in [-0.1, -0.05) is 6.92 Å². The highest BCUT2D eigenvalue weighted by molar-refractivity contribution is 4.49. The van der Waals surface area contributed by atoms with Crippen LogP contribution in [0.25, 0.3) is 0 Å². The Morgan fingerprint density at radius 3 is 1.81 bits per heavy atom. The Kier molecular flexibility index (Phi) is 12.7. The third-order valence-corrected chi connectivity index (χ3v) is 1.92. The fourth-order valence-corrected chi connectivity index (χ4v) is 1.11. The Balaban J connectivity index is 2.88.